The lowest BCUT2D eigenvalue weighted by atomic mass is 9.79. The lowest BCUT2D eigenvalue weighted by Crippen LogP contribution is -2.42. The molecule has 19 heavy (non-hydrogen) atoms. The van der Waals surface area contributed by atoms with Gasteiger partial charge in [0.25, 0.3) is 0 Å². The van der Waals surface area contributed by atoms with Crippen molar-refractivity contribution in [1.29, 1.82) is 0 Å². The highest BCUT2D eigenvalue weighted by atomic mass is 35.5. The van der Waals surface area contributed by atoms with Crippen molar-refractivity contribution in [2.24, 2.45) is 5.92 Å². The molecule has 1 aliphatic carbocycles. The van der Waals surface area contributed by atoms with Crippen LogP contribution in [0.4, 0.5) is 0 Å². The van der Waals surface area contributed by atoms with Gasteiger partial charge in [0.15, 0.2) is 0 Å². The predicted molar refractivity (Wildman–Crippen MR) is 75.7 cm³/mol. The highest BCUT2D eigenvalue weighted by molar-refractivity contribution is 7.89. The number of hydrogen-bond acceptors (Lipinski definition) is 2. The Hall–Kier alpha value is -0.580. The summed E-state index contributed by atoms with van der Waals surface area (Å²) in [5, 5.41) is 0.473. The second-order valence-corrected chi connectivity index (χ2v) is 7.80. The Bertz CT molecular complexity index is 569. The highest BCUT2D eigenvalue weighted by Crippen LogP contribution is 2.39. The molecular formula is C14H18ClNO2S. The van der Waals surface area contributed by atoms with Gasteiger partial charge in [0.2, 0.25) is 10.0 Å². The van der Waals surface area contributed by atoms with E-state index in [4.69, 9.17) is 11.6 Å². The van der Waals surface area contributed by atoms with Crippen LogP contribution in [-0.2, 0) is 10.0 Å². The Labute approximate surface area is 119 Å². The van der Waals surface area contributed by atoms with Crippen LogP contribution in [0.2, 0.25) is 5.02 Å². The van der Waals surface area contributed by atoms with E-state index in [1.165, 1.54) is 19.3 Å². The van der Waals surface area contributed by atoms with Gasteiger partial charge in [-0.2, -0.15) is 4.31 Å². The molecule has 0 amide bonds. The van der Waals surface area contributed by atoms with E-state index < -0.39 is 10.0 Å². The van der Waals surface area contributed by atoms with Gasteiger partial charge in [-0.05, 0) is 49.8 Å². The van der Waals surface area contributed by atoms with Crippen LogP contribution in [0.1, 0.15) is 32.1 Å². The summed E-state index contributed by atoms with van der Waals surface area (Å²) in [7, 11) is -3.38. The van der Waals surface area contributed by atoms with Crippen LogP contribution in [0.25, 0.3) is 0 Å². The van der Waals surface area contributed by atoms with Crippen molar-refractivity contribution >= 4 is 21.6 Å². The number of nitrogens with zero attached hydrogens (tertiary/aromatic N) is 1. The van der Waals surface area contributed by atoms with Crippen LogP contribution in [0.15, 0.2) is 29.2 Å². The topological polar surface area (TPSA) is 37.4 Å². The number of halogens is 1. The zero-order chi connectivity index (χ0) is 13.5. The minimum atomic E-state index is -3.38. The molecule has 5 heteroatoms. The molecule has 3 nitrogen and oxygen atoms in total. The van der Waals surface area contributed by atoms with Gasteiger partial charge in [-0.15, -0.1) is 0 Å². The van der Waals surface area contributed by atoms with E-state index in [9.17, 15) is 8.42 Å². The third-order valence-electron chi connectivity index (χ3n) is 4.34. The number of hydrogen-bond donors (Lipinski definition) is 0. The van der Waals surface area contributed by atoms with E-state index in [2.05, 4.69) is 0 Å². The minimum Gasteiger partial charge on any atom is -0.207 e. The second-order valence-electron chi connectivity index (χ2n) is 5.47. The summed E-state index contributed by atoms with van der Waals surface area (Å²) in [6.07, 6.45) is 5.57. The molecule has 1 saturated carbocycles. The lowest BCUT2D eigenvalue weighted by molar-refractivity contribution is 0.191. The number of rotatable bonds is 3. The maximum atomic E-state index is 12.7. The zero-order valence-electron chi connectivity index (χ0n) is 10.8. The quantitative estimate of drug-likeness (QED) is 0.859. The average Bonchev–Trinajstić information content (AvgIpc) is 2.76. The van der Waals surface area contributed by atoms with Crippen molar-refractivity contribution in [1.82, 2.24) is 4.31 Å². The molecule has 104 valence electrons. The Morgan fingerprint density at radius 2 is 1.95 bits per heavy atom. The Balaban J connectivity index is 1.90. The van der Waals surface area contributed by atoms with Gasteiger partial charge < -0.3 is 0 Å². The fourth-order valence-electron chi connectivity index (χ4n) is 3.12. The van der Waals surface area contributed by atoms with Crippen molar-refractivity contribution in [3.8, 4) is 0 Å². The molecule has 0 spiro atoms. The van der Waals surface area contributed by atoms with Crippen molar-refractivity contribution < 1.29 is 8.42 Å². The first-order valence-electron chi connectivity index (χ1n) is 6.86. The monoisotopic (exact) mass is 299 g/mol. The SMILES string of the molecule is O=S(=O)(c1cccc(Cl)c1)N1CCCC1C1CCC1. The van der Waals surface area contributed by atoms with Crippen LogP contribution < -0.4 is 0 Å². The first-order valence-corrected chi connectivity index (χ1v) is 8.68. The van der Waals surface area contributed by atoms with Crippen LogP contribution >= 0.6 is 11.6 Å². The summed E-state index contributed by atoms with van der Waals surface area (Å²) in [6, 6.07) is 6.79. The third-order valence-corrected chi connectivity index (χ3v) is 6.50. The van der Waals surface area contributed by atoms with Gasteiger partial charge in [0.1, 0.15) is 0 Å². The van der Waals surface area contributed by atoms with Gasteiger partial charge in [0.05, 0.1) is 4.90 Å². The predicted octanol–water partition coefficient (Wildman–Crippen LogP) is 3.29. The van der Waals surface area contributed by atoms with Crippen molar-refractivity contribution in [2.75, 3.05) is 6.54 Å². The molecule has 1 aliphatic heterocycles. The summed E-state index contributed by atoms with van der Waals surface area (Å²) in [5.41, 5.74) is 0. The highest BCUT2D eigenvalue weighted by Gasteiger charge is 2.41. The van der Waals surface area contributed by atoms with Crippen molar-refractivity contribution in [3.05, 3.63) is 29.3 Å². The van der Waals surface area contributed by atoms with Crippen molar-refractivity contribution in [3.63, 3.8) is 0 Å². The van der Waals surface area contributed by atoms with E-state index in [-0.39, 0.29) is 6.04 Å². The molecule has 2 fully saturated rings. The molecule has 3 rings (SSSR count). The summed E-state index contributed by atoms with van der Waals surface area (Å²) < 4.78 is 27.1. The normalized spacial score (nSPS) is 25.4. The Morgan fingerprint density at radius 3 is 2.58 bits per heavy atom. The largest absolute Gasteiger partial charge is 0.243 e. The molecule has 1 aromatic rings. The van der Waals surface area contributed by atoms with E-state index in [1.807, 2.05) is 0 Å². The summed E-state index contributed by atoms with van der Waals surface area (Å²) in [4.78, 5) is 0.325. The standard InChI is InChI=1S/C14H18ClNO2S/c15-12-6-2-7-13(10-12)19(17,18)16-9-3-8-14(16)11-4-1-5-11/h2,6-7,10-11,14H,1,3-5,8-9H2. The van der Waals surface area contributed by atoms with Crippen LogP contribution in [0.3, 0.4) is 0 Å². The molecule has 0 N–H and O–H groups in total. The smallest absolute Gasteiger partial charge is 0.207 e. The van der Waals surface area contributed by atoms with Gasteiger partial charge in [-0.25, -0.2) is 8.42 Å². The van der Waals surface area contributed by atoms with Gasteiger partial charge in [0, 0.05) is 17.6 Å². The van der Waals surface area contributed by atoms with E-state index in [1.54, 1.807) is 28.6 Å². The van der Waals surface area contributed by atoms with E-state index in [0.29, 0.717) is 22.4 Å². The third kappa shape index (κ3) is 2.41. The van der Waals surface area contributed by atoms with E-state index in [0.717, 1.165) is 12.8 Å². The van der Waals surface area contributed by atoms with E-state index >= 15 is 0 Å². The fourth-order valence-corrected chi connectivity index (χ4v) is 5.18. The second kappa shape index (κ2) is 5.08. The van der Waals surface area contributed by atoms with Gasteiger partial charge in [-0.3, -0.25) is 0 Å². The van der Waals surface area contributed by atoms with Crippen LogP contribution in [0, 0.1) is 5.92 Å². The Kier molecular flexibility index (Phi) is 3.58. The maximum Gasteiger partial charge on any atom is 0.243 e. The maximum absolute atomic E-state index is 12.7. The Morgan fingerprint density at radius 1 is 1.16 bits per heavy atom. The van der Waals surface area contributed by atoms with Gasteiger partial charge in [-0.1, -0.05) is 24.1 Å². The fraction of sp³-hybridized carbons (Fsp3) is 0.571. The molecule has 1 aromatic carbocycles. The molecule has 0 radical (unpaired) electrons. The molecule has 2 aliphatic rings. The molecular weight excluding hydrogens is 282 g/mol. The number of sulfonamides is 1. The van der Waals surface area contributed by atoms with Crippen LogP contribution in [0.5, 0.6) is 0 Å². The molecule has 0 aromatic heterocycles. The summed E-state index contributed by atoms with van der Waals surface area (Å²) in [5.74, 6) is 0.566. The number of benzene rings is 1. The first-order chi connectivity index (χ1) is 9.09. The molecule has 1 unspecified atom stereocenters. The average molecular weight is 300 g/mol. The van der Waals surface area contributed by atoms with Crippen LogP contribution in [-0.4, -0.2) is 25.3 Å². The first kappa shape index (κ1) is 13.4. The lowest BCUT2D eigenvalue weighted by Gasteiger charge is -2.36. The van der Waals surface area contributed by atoms with Crippen molar-refractivity contribution in [2.45, 2.75) is 43.0 Å². The molecule has 1 saturated heterocycles. The summed E-state index contributed by atoms with van der Waals surface area (Å²) >= 11 is 5.91. The minimum absolute atomic E-state index is 0.206. The zero-order valence-corrected chi connectivity index (χ0v) is 12.3. The molecule has 1 atom stereocenters. The molecule has 0 bridgehead atoms. The molecule has 1 heterocycles. The van der Waals surface area contributed by atoms with Gasteiger partial charge >= 0.3 is 0 Å². The summed E-state index contributed by atoms with van der Waals surface area (Å²) in [6.45, 7) is 0.649.